The minimum Gasteiger partial charge on any atom is -0.0842 e. The highest BCUT2D eigenvalue weighted by molar-refractivity contribution is 9.10. The second kappa shape index (κ2) is 4.03. The summed E-state index contributed by atoms with van der Waals surface area (Å²) in [6, 6.07) is 12.7. The van der Waals surface area contributed by atoms with Crippen molar-refractivity contribution >= 4 is 42.6 Å². The maximum absolute atomic E-state index is 3.61. The van der Waals surface area contributed by atoms with Crippen molar-refractivity contribution in [2.75, 3.05) is 0 Å². The Labute approximate surface area is 101 Å². The van der Waals surface area contributed by atoms with Gasteiger partial charge in [-0.2, -0.15) is 0 Å². The number of hydrogen-bond donors (Lipinski definition) is 0. The largest absolute Gasteiger partial charge is 0.0842 e. The van der Waals surface area contributed by atoms with Crippen LogP contribution in [0.15, 0.2) is 40.9 Å². The van der Waals surface area contributed by atoms with Gasteiger partial charge in [0.15, 0.2) is 0 Å². The SMILES string of the molecule is CC(Br)c1cccc2c(Br)cccc12. The van der Waals surface area contributed by atoms with Crippen molar-refractivity contribution in [1.29, 1.82) is 0 Å². The Morgan fingerprint density at radius 1 is 1.00 bits per heavy atom. The average molecular weight is 314 g/mol. The zero-order chi connectivity index (χ0) is 10.1. The summed E-state index contributed by atoms with van der Waals surface area (Å²) >= 11 is 7.18. The van der Waals surface area contributed by atoms with Gasteiger partial charge in [-0.1, -0.05) is 62.2 Å². The zero-order valence-electron chi connectivity index (χ0n) is 7.80. The molecule has 0 aliphatic heterocycles. The van der Waals surface area contributed by atoms with Gasteiger partial charge in [0, 0.05) is 9.30 Å². The number of fused-ring (bicyclic) bond motifs is 1. The van der Waals surface area contributed by atoms with E-state index in [1.165, 1.54) is 16.3 Å². The number of halogens is 2. The molecule has 0 N–H and O–H groups in total. The molecule has 2 aromatic rings. The normalized spacial score (nSPS) is 13.1. The van der Waals surface area contributed by atoms with Crippen LogP contribution >= 0.6 is 31.9 Å². The molecule has 14 heavy (non-hydrogen) atoms. The Kier molecular flexibility index (Phi) is 2.93. The van der Waals surface area contributed by atoms with Crippen LogP contribution in [0.3, 0.4) is 0 Å². The number of rotatable bonds is 1. The van der Waals surface area contributed by atoms with E-state index in [1.54, 1.807) is 0 Å². The first-order chi connectivity index (χ1) is 6.70. The zero-order valence-corrected chi connectivity index (χ0v) is 11.0. The summed E-state index contributed by atoms with van der Waals surface area (Å²) < 4.78 is 1.16. The Balaban J connectivity index is 2.81. The van der Waals surface area contributed by atoms with Crippen molar-refractivity contribution in [2.24, 2.45) is 0 Å². The minimum atomic E-state index is 0.389. The van der Waals surface area contributed by atoms with Gasteiger partial charge in [0.1, 0.15) is 0 Å². The molecule has 1 atom stereocenters. The lowest BCUT2D eigenvalue weighted by Crippen LogP contribution is -1.86. The first kappa shape index (κ1) is 10.2. The quantitative estimate of drug-likeness (QED) is 0.646. The summed E-state index contributed by atoms with van der Waals surface area (Å²) in [5.41, 5.74) is 1.34. The third-order valence-electron chi connectivity index (χ3n) is 2.33. The molecule has 0 bridgehead atoms. The fraction of sp³-hybridized carbons (Fsp3) is 0.167. The summed E-state index contributed by atoms with van der Waals surface area (Å²) in [7, 11) is 0. The second-order valence-corrected chi connectivity index (χ2v) is 5.53. The molecule has 0 heterocycles. The molecule has 0 saturated heterocycles. The van der Waals surface area contributed by atoms with Crippen LogP contribution in [0.4, 0.5) is 0 Å². The predicted octanol–water partition coefficient (Wildman–Crippen LogP) is 5.06. The topological polar surface area (TPSA) is 0 Å². The van der Waals surface area contributed by atoms with Crippen molar-refractivity contribution in [1.82, 2.24) is 0 Å². The summed E-state index contributed by atoms with van der Waals surface area (Å²) in [5.74, 6) is 0. The van der Waals surface area contributed by atoms with Crippen LogP contribution in [0.2, 0.25) is 0 Å². The highest BCUT2D eigenvalue weighted by Crippen LogP contribution is 2.32. The molecule has 0 spiro atoms. The molecular weight excluding hydrogens is 304 g/mol. The van der Waals surface area contributed by atoms with E-state index in [1.807, 2.05) is 0 Å². The maximum Gasteiger partial charge on any atom is 0.0373 e. The van der Waals surface area contributed by atoms with E-state index in [2.05, 4.69) is 75.2 Å². The van der Waals surface area contributed by atoms with E-state index in [4.69, 9.17) is 0 Å². The Bertz CT molecular complexity index is 461. The summed E-state index contributed by atoms with van der Waals surface area (Å²) in [6.07, 6.45) is 0. The first-order valence-corrected chi connectivity index (χ1v) is 6.22. The molecule has 0 aliphatic carbocycles. The molecule has 0 saturated carbocycles. The predicted molar refractivity (Wildman–Crippen MR) is 69.0 cm³/mol. The summed E-state index contributed by atoms with van der Waals surface area (Å²) in [5, 5.41) is 2.59. The highest BCUT2D eigenvalue weighted by atomic mass is 79.9. The third-order valence-corrected chi connectivity index (χ3v) is 3.52. The molecule has 72 valence electrons. The van der Waals surface area contributed by atoms with Gasteiger partial charge < -0.3 is 0 Å². The Hall–Kier alpha value is -0.340. The van der Waals surface area contributed by atoms with Crippen LogP contribution in [0, 0.1) is 0 Å². The van der Waals surface area contributed by atoms with Gasteiger partial charge in [0.2, 0.25) is 0 Å². The molecule has 0 fully saturated rings. The van der Waals surface area contributed by atoms with E-state index in [0.29, 0.717) is 4.83 Å². The lowest BCUT2D eigenvalue weighted by molar-refractivity contribution is 1.14. The average Bonchev–Trinajstić information content (AvgIpc) is 2.17. The molecule has 2 rings (SSSR count). The van der Waals surface area contributed by atoms with Crippen molar-refractivity contribution in [2.45, 2.75) is 11.8 Å². The van der Waals surface area contributed by atoms with Gasteiger partial charge in [0.05, 0.1) is 0 Å². The first-order valence-electron chi connectivity index (χ1n) is 4.51. The monoisotopic (exact) mass is 312 g/mol. The van der Waals surface area contributed by atoms with E-state index >= 15 is 0 Å². The summed E-state index contributed by atoms with van der Waals surface area (Å²) in [6.45, 7) is 2.15. The van der Waals surface area contributed by atoms with Gasteiger partial charge in [-0.15, -0.1) is 0 Å². The molecule has 0 amide bonds. The highest BCUT2D eigenvalue weighted by Gasteiger charge is 2.06. The van der Waals surface area contributed by atoms with E-state index in [9.17, 15) is 0 Å². The molecular formula is C12H10Br2. The third kappa shape index (κ3) is 1.73. The molecule has 2 aromatic carbocycles. The number of hydrogen-bond acceptors (Lipinski definition) is 0. The van der Waals surface area contributed by atoms with Gasteiger partial charge in [-0.25, -0.2) is 0 Å². The molecule has 2 heteroatoms. The van der Waals surface area contributed by atoms with Gasteiger partial charge in [-0.3, -0.25) is 0 Å². The lowest BCUT2D eigenvalue weighted by atomic mass is 10.0. The van der Waals surface area contributed by atoms with Gasteiger partial charge in [0.25, 0.3) is 0 Å². The van der Waals surface area contributed by atoms with E-state index in [-0.39, 0.29) is 0 Å². The Morgan fingerprint density at radius 2 is 1.64 bits per heavy atom. The van der Waals surface area contributed by atoms with Crippen LogP contribution in [0.1, 0.15) is 17.3 Å². The van der Waals surface area contributed by atoms with Crippen molar-refractivity contribution in [3.05, 3.63) is 46.4 Å². The summed E-state index contributed by atoms with van der Waals surface area (Å²) in [4.78, 5) is 0.389. The van der Waals surface area contributed by atoms with Gasteiger partial charge >= 0.3 is 0 Å². The maximum atomic E-state index is 3.61. The van der Waals surface area contributed by atoms with Crippen molar-refractivity contribution < 1.29 is 0 Å². The van der Waals surface area contributed by atoms with Crippen LogP contribution in [0.5, 0.6) is 0 Å². The standard InChI is InChI=1S/C12H10Br2/c1-8(13)9-4-2-6-11-10(9)5-3-7-12(11)14/h2-8H,1H3. The lowest BCUT2D eigenvalue weighted by Gasteiger charge is -2.09. The van der Waals surface area contributed by atoms with Gasteiger partial charge in [-0.05, 0) is 29.3 Å². The molecule has 1 unspecified atom stereocenters. The molecule has 0 aliphatic rings. The van der Waals surface area contributed by atoms with Crippen molar-refractivity contribution in [3.8, 4) is 0 Å². The van der Waals surface area contributed by atoms with Crippen molar-refractivity contribution in [3.63, 3.8) is 0 Å². The number of alkyl halides is 1. The van der Waals surface area contributed by atoms with Crippen LogP contribution < -0.4 is 0 Å². The minimum absolute atomic E-state index is 0.389. The smallest absolute Gasteiger partial charge is 0.0373 e. The van der Waals surface area contributed by atoms with E-state index < -0.39 is 0 Å². The molecule has 0 aromatic heterocycles. The van der Waals surface area contributed by atoms with Crippen LogP contribution in [0.25, 0.3) is 10.8 Å². The Morgan fingerprint density at radius 3 is 2.36 bits per heavy atom. The fourth-order valence-corrected chi connectivity index (χ4v) is 2.54. The number of benzene rings is 2. The molecule has 0 nitrogen and oxygen atoms in total. The fourth-order valence-electron chi connectivity index (χ4n) is 1.64. The van der Waals surface area contributed by atoms with Crippen LogP contribution in [-0.4, -0.2) is 0 Å². The van der Waals surface area contributed by atoms with Crippen LogP contribution in [-0.2, 0) is 0 Å². The molecule has 0 radical (unpaired) electrons. The second-order valence-electron chi connectivity index (χ2n) is 3.30. The van der Waals surface area contributed by atoms with E-state index in [0.717, 1.165) is 4.47 Å².